The number of nitrogens with one attached hydrogen (secondary N) is 1. The van der Waals surface area contributed by atoms with E-state index in [0.717, 1.165) is 0 Å². The normalized spacial score (nSPS) is 10.2. The molecule has 0 saturated carbocycles. The molecular formula is C10H7ClFN3OS. The van der Waals surface area contributed by atoms with E-state index < -0.39 is 5.82 Å². The summed E-state index contributed by atoms with van der Waals surface area (Å²) in [6, 6.07) is 4.29. The zero-order valence-electron chi connectivity index (χ0n) is 8.48. The Morgan fingerprint density at radius 2 is 2.35 bits per heavy atom. The van der Waals surface area contributed by atoms with Crippen LogP contribution in [0.4, 0.5) is 9.52 Å². The third kappa shape index (κ3) is 2.98. The number of benzene rings is 1. The van der Waals surface area contributed by atoms with Crippen molar-refractivity contribution in [3.05, 3.63) is 40.1 Å². The van der Waals surface area contributed by atoms with E-state index in [1.54, 1.807) is 0 Å². The van der Waals surface area contributed by atoms with Gasteiger partial charge in [-0.15, -0.1) is 10.2 Å². The van der Waals surface area contributed by atoms with Gasteiger partial charge in [0.05, 0.1) is 6.42 Å². The van der Waals surface area contributed by atoms with Gasteiger partial charge in [0.1, 0.15) is 11.3 Å². The molecule has 7 heteroatoms. The fourth-order valence-corrected chi connectivity index (χ4v) is 1.94. The lowest BCUT2D eigenvalue weighted by molar-refractivity contribution is -0.115. The number of hydrogen-bond acceptors (Lipinski definition) is 4. The Balaban J connectivity index is 2.08. The van der Waals surface area contributed by atoms with Gasteiger partial charge in [0.2, 0.25) is 11.0 Å². The van der Waals surface area contributed by atoms with Crippen molar-refractivity contribution in [2.75, 3.05) is 5.32 Å². The summed E-state index contributed by atoms with van der Waals surface area (Å²) in [5.41, 5.74) is 1.67. The lowest BCUT2D eigenvalue weighted by Crippen LogP contribution is -2.15. The molecule has 1 N–H and O–H groups in total. The first kappa shape index (κ1) is 11.9. The highest BCUT2D eigenvalue weighted by Gasteiger charge is 2.12. The van der Waals surface area contributed by atoms with Crippen LogP contribution in [-0.2, 0) is 11.2 Å². The van der Waals surface area contributed by atoms with Gasteiger partial charge in [-0.2, -0.15) is 0 Å². The van der Waals surface area contributed by atoms with Gasteiger partial charge in [-0.3, -0.25) is 4.79 Å². The molecule has 17 heavy (non-hydrogen) atoms. The van der Waals surface area contributed by atoms with Crippen molar-refractivity contribution in [1.29, 1.82) is 0 Å². The molecule has 1 aromatic carbocycles. The van der Waals surface area contributed by atoms with Crippen molar-refractivity contribution in [2.24, 2.45) is 0 Å². The largest absolute Gasteiger partial charge is 0.300 e. The molecule has 1 aromatic heterocycles. The van der Waals surface area contributed by atoms with Crippen LogP contribution in [0.15, 0.2) is 23.7 Å². The number of rotatable bonds is 3. The monoisotopic (exact) mass is 271 g/mol. The number of halogens is 2. The van der Waals surface area contributed by atoms with Crippen LogP contribution in [0.25, 0.3) is 0 Å². The average Bonchev–Trinajstić information content (AvgIpc) is 2.76. The average molecular weight is 272 g/mol. The number of nitrogens with zero attached hydrogens (tertiary/aromatic N) is 2. The Bertz CT molecular complexity index is 512. The number of hydrogen-bond donors (Lipinski definition) is 1. The van der Waals surface area contributed by atoms with Crippen LogP contribution in [0.3, 0.4) is 0 Å². The third-order valence-electron chi connectivity index (χ3n) is 2.01. The Morgan fingerprint density at radius 1 is 1.53 bits per heavy atom. The van der Waals surface area contributed by atoms with Gasteiger partial charge < -0.3 is 5.32 Å². The van der Waals surface area contributed by atoms with E-state index >= 15 is 0 Å². The van der Waals surface area contributed by atoms with Crippen molar-refractivity contribution >= 4 is 34.0 Å². The van der Waals surface area contributed by atoms with Crippen LogP contribution in [0.2, 0.25) is 5.02 Å². The van der Waals surface area contributed by atoms with E-state index in [1.807, 2.05) is 0 Å². The molecule has 0 aliphatic carbocycles. The summed E-state index contributed by atoms with van der Waals surface area (Å²) in [6.45, 7) is 0. The van der Waals surface area contributed by atoms with Crippen molar-refractivity contribution in [3.8, 4) is 0 Å². The summed E-state index contributed by atoms with van der Waals surface area (Å²) in [4.78, 5) is 11.6. The first-order chi connectivity index (χ1) is 8.16. The molecule has 4 nitrogen and oxygen atoms in total. The van der Waals surface area contributed by atoms with Crippen LogP contribution in [0.5, 0.6) is 0 Å². The summed E-state index contributed by atoms with van der Waals surface area (Å²) < 4.78 is 13.4. The van der Waals surface area contributed by atoms with Crippen LogP contribution < -0.4 is 5.32 Å². The van der Waals surface area contributed by atoms with E-state index in [0.29, 0.717) is 5.13 Å². The number of aromatic nitrogens is 2. The van der Waals surface area contributed by atoms with E-state index in [-0.39, 0.29) is 22.9 Å². The smallest absolute Gasteiger partial charge is 0.230 e. The van der Waals surface area contributed by atoms with Crippen LogP contribution >= 0.6 is 22.9 Å². The molecule has 0 aliphatic heterocycles. The lowest BCUT2D eigenvalue weighted by atomic mass is 10.1. The predicted octanol–water partition coefficient (Wildman–Crippen LogP) is 2.51. The molecule has 0 spiro atoms. The van der Waals surface area contributed by atoms with Crippen molar-refractivity contribution in [2.45, 2.75) is 6.42 Å². The van der Waals surface area contributed by atoms with E-state index in [9.17, 15) is 9.18 Å². The van der Waals surface area contributed by atoms with Gasteiger partial charge in [0.15, 0.2) is 0 Å². The molecular weight excluding hydrogens is 265 g/mol. The number of carbonyl (C=O) groups is 1. The van der Waals surface area contributed by atoms with Crippen molar-refractivity contribution in [1.82, 2.24) is 10.2 Å². The zero-order valence-corrected chi connectivity index (χ0v) is 10.1. The maximum Gasteiger partial charge on any atom is 0.230 e. The maximum absolute atomic E-state index is 13.4. The number of carbonyl (C=O) groups excluding carboxylic acids is 1. The highest BCUT2D eigenvalue weighted by atomic mass is 35.5. The summed E-state index contributed by atoms with van der Waals surface area (Å²) in [5.74, 6) is -0.876. The minimum absolute atomic E-state index is 0.134. The first-order valence-electron chi connectivity index (χ1n) is 4.65. The van der Waals surface area contributed by atoms with Crippen molar-refractivity contribution < 1.29 is 9.18 Å². The summed E-state index contributed by atoms with van der Waals surface area (Å²) in [6.07, 6.45) is -0.134. The minimum Gasteiger partial charge on any atom is -0.300 e. The van der Waals surface area contributed by atoms with Gasteiger partial charge in [0.25, 0.3) is 0 Å². The fourth-order valence-electron chi connectivity index (χ4n) is 1.25. The minimum atomic E-state index is -0.495. The lowest BCUT2D eigenvalue weighted by Gasteiger charge is -2.05. The predicted molar refractivity (Wildman–Crippen MR) is 63.7 cm³/mol. The van der Waals surface area contributed by atoms with Gasteiger partial charge in [-0.25, -0.2) is 4.39 Å². The molecule has 0 saturated heterocycles. The molecule has 1 amide bonds. The Kier molecular flexibility index (Phi) is 3.65. The highest BCUT2D eigenvalue weighted by molar-refractivity contribution is 7.13. The Hall–Kier alpha value is -1.53. The molecule has 1 heterocycles. The van der Waals surface area contributed by atoms with E-state index in [2.05, 4.69) is 15.5 Å². The topological polar surface area (TPSA) is 54.9 Å². The quantitative estimate of drug-likeness (QED) is 0.933. The summed E-state index contributed by atoms with van der Waals surface area (Å²) >= 11 is 7.00. The third-order valence-corrected chi connectivity index (χ3v) is 2.97. The van der Waals surface area contributed by atoms with Crippen molar-refractivity contribution in [3.63, 3.8) is 0 Å². The highest BCUT2D eigenvalue weighted by Crippen LogP contribution is 2.20. The molecule has 2 rings (SSSR count). The molecule has 0 fully saturated rings. The Labute approximate surface area is 105 Å². The molecule has 0 aliphatic rings. The Morgan fingerprint density at radius 3 is 3.00 bits per heavy atom. The molecule has 2 aromatic rings. The maximum atomic E-state index is 13.4. The second-order valence-electron chi connectivity index (χ2n) is 3.17. The molecule has 0 atom stereocenters. The molecule has 88 valence electrons. The van der Waals surface area contributed by atoms with E-state index in [4.69, 9.17) is 11.6 Å². The van der Waals surface area contributed by atoms with Crippen LogP contribution in [0, 0.1) is 5.82 Å². The standard InChI is InChI=1S/C10H7ClFN3OS/c11-7-2-1-3-8(12)6(7)4-9(16)14-10-15-13-5-17-10/h1-3,5H,4H2,(H,14,15,16). The SMILES string of the molecule is O=C(Cc1c(F)cccc1Cl)Nc1nncs1. The zero-order chi connectivity index (χ0) is 12.3. The number of anilines is 1. The van der Waals surface area contributed by atoms with Crippen LogP contribution in [0.1, 0.15) is 5.56 Å². The molecule has 0 bridgehead atoms. The van der Waals surface area contributed by atoms with Gasteiger partial charge >= 0.3 is 0 Å². The second kappa shape index (κ2) is 5.20. The van der Waals surface area contributed by atoms with Gasteiger partial charge in [-0.05, 0) is 12.1 Å². The fraction of sp³-hybridized carbons (Fsp3) is 0.100. The molecule has 0 radical (unpaired) electrons. The number of amides is 1. The second-order valence-corrected chi connectivity index (χ2v) is 4.41. The summed E-state index contributed by atoms with van der Waals surface area (Å²) in [7, 11) is 0. The van der Waals surface area contributed by atoms with Crippen LogP contribution in [-0.4, -0.2) is 16.1 Å². The van der Waals surface area contributed by atoms with Gasteiger partial charge in [-0.1, -0.05) is 29.0 Å². The summed E-state index contributed by atoms with van der Waals surface area (Å²) in [5, 5.41) is 10.3. The molecule has 0 unspecified atom stereocenters. The van der Waals surface area contributed by atoms with E-state index in [1.165, 1.54) is 35.0 Å². The first-order valence-corrected chi connectivity index (χ1v) is 5.91. The van der Waals surface area contributed by atoms with Gasteiger partial charge in [0, 0.05) is 10.6 Å².